The Balaban J connectivity index is 3.13. The standard InChI is InChI=1S/C12H18S/c1-5-6-11-8-9(2)7-10(3)12(11)13-4/h7-8H,5-6H2,1-4H3. The predicted octanol–water partition coefficient (Wildman–Crippen LogP) is 3.98. The molecule has 0 saturated heterocycles. The summed E-state index contributed by atoms with van der Waals surface area (Å²) in [5.41, 5.74) is 4.34. The Morgan fingerprint density at radius 3 is 2.46 bits per heavy atom. The van der Waals surface area contributed by atoms with Crippen molar-refractivity contribution >= 4 is 11.8 Å². The molecule has 0 bridgehead atoms. The minimum Gasteiger partial charge on any atom is -0.129 e. The number of thioether (sulfide) groups is 1. The Morgan fingerprint density at radius 2 is 1.92 bits per heavy atom. The van der Waals surface area contributed by atoms with Crippen LogP contribution in [0.5, 0.6) is 0 Å². The average Bonchev–Trinajstić information content (AvgIpc) is 2.04. The molecule has 0 amide bonds. The minimum absolute atomic E-state index is 1.21. The van der Waals surface area contributed by atoms with Crippen LogP contribution < -0.4 is 0 Å². The minimum atomic E-state index is 1.21. The largest absolute Gasteiger partial charge is 0.129 e. The first-order chi connectivity index (χ1) is 6.19. The van der Waals surface area contributed by atoms with E-state index in [1.54, 1.807) is 0 Å². The highest BCUT2D eigenvalue weighted by Crippen LogP contribution is 2.26. The summed E-state index contributed by atoms with van der Waals surface area (Å²) in [4.78, 5) is 1.48. The molecule has 0 spiro atoms. The van der Waals surface area contributed by atoms with Crippen LogP contribution >= 0.6 is 11.8 Å². The van der Waals surface area contributed by atoms with E-state index in [4.69, 9.17) is 0 Å². The third-order valence-electron chi connectivity index (χ3n) is 2.22. The van der Waals surface area contributed by atoms with Crippen molar-refractivity contribution in [3.05, 3.63) is 28.8 Å². The molecule has 13 heavy (non-hydrogen) atoms. The number of benzene rings is 1. The van der Waals surface area contributed by atoms with Crippen LogP contribution in [0.3, 0.4) is 0 Å². The zero-order valence-corrected chi connectivity index (χ0v) is 9.79. The lowest BCUT2D eigenvalue weighted by molar-refractivity contribution is 0.894. The lowest BCUT2D eigenvalue weighted by Crippen LogP contribution is -1.92. The van der Waals surface area contributed by atoms with Gasteiger partial charge in [0.1, 0.15) is 0 Å². The van der Waals surface area contributed by atoms with Crippen molar-refractivity contribution < 1.29 is 0 Å². The Labute approximate surface area is 85.7 Å². The summed E-state index contributed by atoms with van der Waals surface area (Å²) < 4.78 is 0. The second-order valence-electron chi connectivity index (χ2n) is 3.52. The summed E-state index contributed by atoms with van der Waals surface area (Å²) in [6.45, 7) is 6.62. The third kappa shape index (κ3) is 2.50. The van der Waals surface area contributed by atoms with Gasteiger partial charge in [-0.1, -0.05) is 31.0 Å². The van der Waals surface area contributed by atoms with Crippen molar-refractivity contribution in [2.45, 2.75) is 38.5 Å². The van der Waals surface area contributed by atoms with Gasteiger partial charge in [-0.2, -0.15) is 0 Å². The molecule has 0 unspecified atom stereocenters. The molecule has 0 aliphatic carbocycles. The van der Waals surface area contributed by atoms with Crippen molar-refractivity contribution in [1.82, 2.24) is 0 Å². The molecule has 1 aromatic rings. The van der Waals surface area contributed by atoms with Crippen molar-refractivity contribution in [3.63, 3.8) is 0 Å². The fourth-order valence-corrected chi connectivity index (χ4v) is 2.59. The van der Waals surface area contributed by atoms with Crippen molar-refractivity contribution in [3.8, 4) is 0 Å². The maximum atomic E-state index is 2.32. The molecule has 0 saturated carbocycles. The summed E-state index contributed by atoms with van der Waals surface area (Å²) in [6.07, 6.45) is 4.60. The molecule has 0 nitrogen and oxygen atoms in total. The quantitative estimate of drug-likeness (QED) is 0.656. The Kier molecular flexibility index (Phi) is 3.86. The van der Waals surface area contributed by atoms with Crippen LogP contribution in [0.4, 0.5) is 0 Å². The first kappa shape index (κ1) is 10.6. The van der Waals surface area contributed by atoms with Crippen molar-refractivity contribution in [1.29, 1.82) is 0 Å². The van der Waals surface area contributed by atoms with Crippen LogP contribution in [-0.4, -0.2) is 6.26 Å². The SMILES string of the molecule is CCCc1cc(C)cc(C)c1SC. The fraction of sp³-hybridized carbons (Fsp3) is 0.500. The van der Waals surface area contributed by atoms with Gasteiger partial charge in [-0.15, -0.1) is 11.8 Å². The molecule has 0 aliphatic heterocycles. The summed E-state index contributed by atoms with van der Waals surface area (Å²) in [5.74, 6) is 0. The van der Waals surface area contributed by atoms with Crippen molar-refractivity contribution in [2.24, 2.45) is 0 Å². The van der Waals surface area contributed by atoms with E-state index < -0.39 is 0 Å². The molecule has 1 heteroatoms. The van der Waals surface area contributed by atoms with Gasteiger partial charge in [0, 0.05) is 4.90 Å². The lowest BCUT2D eigenvalue weighted by atomic mass is 10.0. The van der Waals surface area contributed by atoms with Gasteiger partial charge in [0.25, 0.3) is 0 Å². The van der Waals surface area contributed by atoms with Gasteiger partial charge < -0.3 is 0 Å². The second kappa shape index (κ2) is 4.71. The van der Waals surface area contributed by atoms with Crippen molar-refractivity contribution in [2.75, 3.05) is 6.26 Å². The number of hydrogen-bond acceptors (Lipinski definition) is 1. The van der Waals surface area contributed by atoms with Gasteiger partial charge in [0.05, 0.1) is 0 Å². The molecule has 0 N–H and O–H groups in total. The Bertz CT molecular complexity index is 289. The molecule has 72 valence electrons. The average molecular weight is 194 g/mol. The molecular formula is C12H18S. The van der Waals surface area contributed by atoms with E-state index in [9.17, 15) is 0 Å². The van der Waals surface area contributed by atoms with Crippen LogP contribution in [0.1, 0.15) is 30.0 Å². The first-order valence-corrected chi connectivity index (χ1v) is 6.05. The van der Waals surface area contributed by atoms with Gasteiger partial charge in [0.2, 0.25) is 0 Å². The van der Waals surface area contributed by atoms with Crippen LogP contribution in [0.2, 0.25) is 0 Å². The zero-order chi connectivity index (χ0) is 9.84. The zero-order valence-electron chi connectivity index (χ0n) is 8.98. The normalized spacial score (nSPS) is 10.5. The van der Waals surface area contributed by atoms with Gasteiger partial charge in [-0.25, -0.2) is 0 Å². The summed E-state index contributed by atoms with van der Waals surface area (Å²) >= 11 is 1.87. The maximum absolute atomic E-state index is 2.32. The Hall–Kier alpha value is -0.430. The molecular weight excluding hydrogens is 176 g/mol. The van der Waals surface area contributed by atoms with Gasteiger partial charge in [0.15, 0.2) is 0 Å². The van der Waals surface area contributed by atoms with Gasteiger partial charge in [-0.3, -0.25) is 0 Å². The van der Waals surface area contributed by atoms with E-state index in [1.165, 1.54) is 34.4 Å². The van der Waals surface area contributed by atoms with E-state index in [1.807, 2.05) is 11.8 Å². The highest BCUT2D eigenvalue weighted by Gasteiger charge is 2.04. The highest BCUT2D eigenvalue weighted by atomic mass is 32.2. The van der Waals surface area contributed by atoms with Crippen LogP contribution in [0.15, 0.2) is 17.0 Å². The van der Waals surface area contributed by atoms with Crippen LogP contribution in [-0.2, 0) is 6.42 Å². The molecule has 0 radical (unpaired) electrons. The molecule has 0 atom stereocenters. The fourth-order valence-electron chi connectivity index (χ4n) is 1.79. The lowest BCUT2D eigenvalue weighted by Gasteiger charge is -2.10. The topological polar surface area (TPSA) is 0 Å². The molecule has 1 aromatic carbocycles. The second-order valence-corrected chi connectivity index (χ2v) is 4.34. The van der Waals surface area contributed by atoms with E-state index in [2.05, 4.69) is 39.2 Å². The monoisotopic (exact) mass is 194 g/mol. The van der Waals surface area contributed by atoms with E-state index in [0.717, 1.165) is 0 Å². The first-order valence-electron chi connectivity index (χ1n) is 4.83. The molecule has 0 aliphatic rings. The molecule has 0 fully saturated rings. The smallest absolute Gasteiger partial charge is 0.0131 e. The number of hydrogen-bond donors (Lipinski definition) is 0. The van der Waals surface area contributed by atoms with Gasteiger partial charge in [-0.05, 0) is 37.7 Å². The summed E-state index contributed by atoms with van der Waals surface area (Å²) in [7, 11) is 0. The number of aryl methyl sites for hydroxylation is 3. The summed E-state index contributed by atoms with van der Waals surface area (Å²) in [5, 5.41) is 0. The van der Waals surface area contributed by atoms with Crippen LogP contribution in [0, 0.1) is 13.8 Å². The van der Waals surface area contributed by atoms with Crippen LogP contribution in [0.25, 0.3) is 0 Å². The van der Waals surface area contributed by atoms with E-state index in [-0.39, 0.29) is 0 Å². The predicted molar refractivity (Wildman–Crippen MR) is 61.7 cm³/mol. The Morgan fingerprint density at radius 1 is 1.23 bits per heavy atom. The molecule has 0 aromatic heterocycles. The van der Waals surface area contributed by atoms with E-state index >= 15 is 0 Å². The number of rotatable bonds is 3. The molecule has 1 rings (SSSR count). The highest BCUT2D eigenvalue weighted by molar-refractivity contribution is 7.98. The maximum Gasteiger partial charge on any atom is 0.0131 e. The van der Waals surface area contributed by atoms with E-state index in [0.29, 0.717) is 0 Å². The molecule has 0 heterocycles. The summed E-state index contributed by atoms with van der Waals surface area (Å²) in [6, 6.07) is 4.59. The van der Waals surface area contributed by atoms with Gasteiger partial charge >= 0.3 is 0 Å². The third-order valence-corrected chi connectivity index (χ3v) is 3.21.